The Bertz CT molecular complexity index is 511. The van der Waals surface area contributed by atoms with Crippen LogP contribution in [0.3, 0.4) is 0 Å². The molecule has 0 fully saturated rings. The van der Waals surface area contributed by atoms with Crippen molar-refractivity contribution in [2.24, 2.45) is 0 Å². The van der Waals surface area contributed by atoms with E-state index >= 15 is 0 Å². The molecule has 1 heterocycles. The number of unbranched alkanes of at least 4 members (excludes halogenated alkanes) is 1. The number of H-pyrrole nitrogens is 1. The number of nitrogens with one attached hydrogen (secondary N) is 1. The smallest absolute Gasteiger partial charge is 0.0456 e. The van der Waals surface area contributed by atoms with Crippen LogP contribution < -0.4 is 0 Å². The lowest BCUT2D eigenvalue weighted by atomic mass is 10.0. The quantitative estimate of drug-likeness (QED) is 0.825. The van der Waals surface area contributed by atoms with Crippen LogP contribution in [0.1, 0.15) is 31.0 Å². The van der Waals surface area contributed by atoms with Gasteiger partial charge in [0, 0.05) is 17.9 Å². The Kier molecular flexibility index (Phi) is 4.80. The normalized spacial score (nSPS) is 11.2. The van der Waals surface area contributed by atoms with Gasteiger partial charge >= 0.3 is 0 Å². The fourth-order valence-corrected chi connectivity index (χ4v) is 2.32. The summed E-state index contributed by atoms with van der Waals surface area (Å²) in [5.74, 6) is 0. The molecule has 0 radical (unpaired) electrons. The summed E-state index contributed by atoms with van der Waals surface area (Å²) >= 11 is 0. The van der Waals surface area contributed by atoms with Crippen molar-refractivity contribution in [3.05, 3.63) is 47.7 Å². The van der Waals surface area contributed by atoms with Crippen LogP contribution in [0, 0.1) is 0 Å². The number of nitrogens with zero attached hydrogens (tertiary/aromatic N) is 1. The van der Waals surface area contributed by atoms with Gasteiger partial charge in [-0.15, -0.1) is 0 Å². The second-order valence-electron chi connectivity index (χ2n) is 5.44. The van der Waals surface area contributed by atoms with Gasteiger partial charge in [0.2, 0.25) is 0 Å². The Hall–Kier alpha value is -1.54. The summed E-state index contributed by atoms with van der Waals surface area (Å²) in [4.78, 5) is 5.68. The second-order valence-corrected chi connectivity index (χ2v) is 5.44. The van der Waals surface area contributed by atoms with Crippen molar-refractivity contribution in [2.45, 2.75) is 32.7 Å². The second kappa shape index (κ2) is 6.58. The van der Waals surface area contributed by atoms with E-state index in [1.807, 2.05) is 0 Å². The van der Waals surface area contributed by atoms with Crippen LogP contribution in [0.5, 0.6) is 0 Å². The summed E-state index contributed by atoms with van der Waals surface area (Å²) in [6.45, 7) is 3.19. The first-order chi connectivity index (χ1) is 9.19. The highest BCUT2D eigenvalue weighted by molar-refractivity contribution is 5.60. The van der Waals surface area contributed by atoms with Crippen molar-refractivity contribution in [1.29, 1.82) is 0 Å². The van der Waals surface area contributed by atoms with Crippen LogP contribution in [0.25, 0.3) is 11.3 Å². The van der Waals surface area contributed by atoms with Crippen LogP contribution in [0.15, 0.2) is 36.4 Å². The number of hydrogen-bond donors (Lipinski definition) is 1. The SMILES string of the molecule is CCCCc1cccc(-c2ccc(CN(C)C)[nH]2)c1. The summed E-state index contributed by atoms with van der Waals surface area (Å²) in [5.41, 5.74) is 5.20. The standard InChI is InChI=1S/C17H24N2/c1-4-5-7-14-8-6-9-15(12-14)17-11-10-16(18-17)13-19(2)3/h6,8-12,18H,4-5,7,13H2,1-3H3. The van der Waals surface area contributed by atoms with Crippen molar-refractivity contribution >= 4 is 0 Å². The van der Waals surface area contributed by atoms with Crippen LogP contribution in [0.4, 0.5) is 0 Å². The molecule has 102 valence electrons. The maximum absolute atomic E-state index is 3.50. The maximum atomic E-state index is 3.50. The van der Waals surface area contributed by atoms with Crippen LogP contribution in [0.2, 0.25) is 0 Å². The Morgan fingerprint density at radius 2 is 1.95 bits per heavy atom. The molecule has 2 heteroatoms. The zero-order valence-corrected chi connectivity index (χ0v) is 12.2. The van der Waals surface area contributed by atoms with Gasteiger partial charge in [-0.05, 0) is 56.3 Å². The fourth-order valence-electron chi connectivity index (χ4n) is 2.32. The van der Waals surface area contributed by atoms with Crippen molar-refractivity contribution in [2.75, 3.05) is 14.1 Å². The van der Waals surface area contributed by atoms with Crippen LogP contribution in [-0.4, -0.2) is 24.0 Å². The Morgan fingerprint density at radius 1 is 1.11 bits per heavy atom. The molecule has 2 nitrogen and oxygen atoms in total. The molecule has 0 saturated heterocycles. The first-order valence-electron chi connectivity index (χ1n) is 7.11. The van der Waals surface area contributed by atoms with Crippen molar-refractivity contribution < 1.29 is 0 Å². The van der Waals surface area contributed by atoms with E-state index in [-0.39, 0.29) is 0 Å². The van der Waals surface area contributed by atoms with Crippen molar-refractivity contribution in [3.8, 4) is 11.3 Å². The third-order valence-electron chi connectivity index (χ3n) is 3.29. The topological polar surface area (TPSA) is 19.0 Å². The monoisotopic (exact) mass is 256 g/mol. The van der Waals surface area contributed by atoms with E-state index in [0.717, 1.165) is 6.54 Å². The molecular formula is C17H24N2. The number of aryl methyl sites for hydroxylation is 1. The molecule has 1 aromatic heterocycles. The van der Waals surface area contributed by atoms with Crippen molar-refractivity contribution in [3.63, 3.8) is 0 Å². The van der Waals surface area contributed by atoms with Gasteiger partial charge in [0.1, 0.15) is 0 Å². The van der Waals surface area contributed by atoms with Gasteiger partial charge in [-0.2, -0.15) is 0 Å². The largest absolute Gasteiger partial charge is 0.357 e. The Balaban J connectivity index is 2.14. The molecule has 0 saturated carbocycles. The lowest BCUT2D eigenvalue weighted by Crippen LogP contribution is -2.10. The molecule has 19 heavy (non-hydrogen) atoms. The van der Waals surface area contributed by atoms with Crippen molar-refractivity contribution in [1.82, 2.24) is 9.88 Å². The van der Waals surface area contributed by atoms with E-state index in [4.69, 9.17) is 0 Å². The summed E-state index contributed by atoms with van der Waals surface area (Å²) < 4.78 is 0. The Labute approximate surface area is 116 Å². The summed E-state index contributed by atoms with van der Waals surface area (Å²) in [6.07, 6.45) is 3.69. The minimum absolute atomic E-state index is 0.954. The molecule has 0 atom stereocenters. The molecule has 2 aromatic rings. The highest BCUT2D eigenvalue weighted by Crippen LogP contribution is 2.21. The summed E-state index contributed by atoms with van der Waals surface area (Å²) in [6, 6.07) is 13.2. The van der Waals surface area contributed by atoms with Gasteiger partial charge in [0.05, 0.1) is 0 Å². The van der Waals surface area contributed by atoms with Gasteiger partial charge in [0.25, 0.3) is 0 Å². The number of benzene rings is 1. The predicted octanol–water partition coefficient (Wildman–Crippen LogP) is 4.09. The number of hydrogen-bond acceptors (Lipinski definition) is 1. The van der Waals surface area contributed by atoms with Gasteiger partial charge in [-0.3, -0.25) is 0 Å². The number of rotatable bonds is 6. The number of aromatic amines is 1. The summed E-state index contributed by atoms with van der Waals surface area (Å²) in [7, 11) is 4.18. The van der Waals surface area contributed by atoms with Gasteiger partial charge in [-0.25, -0.2) is 0 Å². The average molecular weight is 256 g/mol. The van der Waals surface area contributed by atoms with E-state index < -0.39 is 0 Å². The minimum Gasteiger partial charge on any atom is -0.357 e. The summed E-state index contributed by atoms with van der Waals surface area (Å²) in [5, 5.41) is 0. The van der Waals surface area contributed by atoms with Crippen LogP contribution in [-0.2, 0) is 13.0 Å². The van der Waals surface area contributed by atoms with Crippen LogP contribution >= 0.6 is 0 Å². The van der Waals surface area contributed by atoms with E-state index in [2.05, 4.69) is 67.3 Å². The third-order valence-corrected chi connectivity index (χ3v) is 3.29. The lowest BCUT2D eigenvalue weighted by molar-refractivity contribution is 0.398. The van der Waals surface area contributed by atoms with E-state index in [1.165, 1.54) is 41.8 Å². The molecule has 0 amide bonds. The van der Waals surface area contributed by atoms with Gasteiger partial charge < -0.3 is 9.88 Å². The molecular weight excluding hydrogens is 232 g/mol. The first kappa shape index (κ1) is 13.9. The molecule has 0 spiro atoms. The Morgan fingerprint density at radius 3 is 2.68 bits per heavy atom. The van der Waals surface area contributed by atoms with E-state index in [9.17, 15) is 0 Å². The molecule has 1 N–H and O–H groups in total. The lowest BCUT2D eigenvalue weighted by Gasteiger charge is -2.07. The maximum Gasteiger partial charge on any atom is 0.0456 e. The van der Waals surface area contributed by atoms with Gasteiger partial charge in [-0.1, -0.05) is 31.5 Å². The highest BCUT2D eigenvalue weighted by Gasteiger charge is 2.03. The molecule has 0 aliphatic carbocycles. The number of aromatic nitrogens is 1. The molecule has 0 bridgehead atoms. The van der Waals surface area contributed by atoms with Gasteiger partial charge in [0.15, 0.2) is 0 Å². The predicted molar refractivity (Wildman–Crippen MR) is 82.2 cm³/mol. The molecule has 0 unspecified atom stereocenters. The highest BCUT2D eigenvalue weighted by atomic mass is 15.1. The van der Waals surface area contributed by atoms with E-state index in [0.29, 0.717) is 0 Å². The zero-order chi connectivity index (χ0) is 13.7. The first-order valence-corrected chi connectivity index (χ1v) is 7.11. The minimum atomic E-state index is 0.954. The molecule has 2 rings (SSSR count). The molecule has 0 aliphatic rings. The average Bonchev–Trinajstić information content (AvgIpc) is 2.84. The molecule has 0 aliphatic heterocycles. The van der Waals surface area contributed by atoms with E-state index in [1.54, 1.807) is 0 Å². The zero-order valence-electron chi connectivity index (χ0n) is 12.2. The third kappa shape index (κ3) is 3.97. The molecule has 1 aromatic carbocycles. The fraction of sp³-hybridized carbons (Fsp3) is 0.412.